The van der Waals surface area contributed by atoms with E-state index in [0.717, 1.165) is 24.0 Å². The van der Waals surface area contributed by atoms with Gasteiger partial charge in [0, 0.05) is 75.7 Å². The number of nitrogens with zero attached hydrogens (tertiary/aromatic N) is 6. The number of aromatic nitrogens is 3. The third-order valence-corrected chi connectivity index (χ3v) is 6.69. The summed E-state index contributed by atoms with van der Waals surface area (Å²) >= 11 is 0. The van der Waals surface area contributed by atoms with Crippen molar-refractivity contribution in [2.75, 3.05) is 57.3 Å². The molecule has 2 aromatic heterocycles. The number of amides is 2. The number of hydrogen-bond acceptors (Lipinski definition) is 6. The highest BCUT2D eigenvalue weighted by Gasteiger charge is 2.32. The molecule has 5 rings (SSSR count). The SMILES string of the molecule is CC(C(=O)N1CCN(c2ncccn2)CC1)N1CCN(C(=O)c2cc3ccccc3[nH]2)CC1. The van der Waals surface area contributed by atoms with E-state index in [2.05, 4.69) is 24.8 Å². The summed E-state index contributed by atoms with van der Waals surface area (Å²) in [7, 11) is 0. The van der Waals surface area contributed by atoms with Crippen LogP contribution >= 0.6 is 0 Å². The molecule has 1 unspecified atom stereocenters. The predicted molar refractivity (Wildman–Crippen MR) is 126 cm³/mol. The van der Waals surface area contributed by atoms with Crippen LogP contribution in [0.25, 0.3) is 10.9 Å². The van der Waals surface area contributed by atoms with Gasteiger partial charge in [-0.3, -0.25) is 14.5 Å². The van der Waals surface area contributed by atoms with Crippen molar-refractivity contribution in [1.82, 2.24) is 29.7 Å². The van der Waals surface area contributed by atoms with Gasteiger partial charge in [-0.05, 0) is 25.1 Å². The molecule has 0 bridgehead atoms. The zero-order chi connectivity index (χ0) is 22.8. The number of fused-ring (bicyclic) bond motifs is 1. The maximum Gasteiger partial charge on any atom is 0.270 e. The normalized spacial score (nSPS) is 18.5. The Morgan fingerprint density at radius 3 is 2.24 bits per heavy atom. The fourth-order valence-corrected chi connectivity index (χ4v) is 4.67. The van der Waals surface area contributed by atoms with Gasteiger partial charge in [0.15, 0.2) is 0 Å². The highest BCUT2D eigenvalue weighted by molar-refractivity contribution is 5.98. The predicted octanol–water partition coefficient (Wildman–Crippen LogP) is 1.45. The molecule has 4 heterocycles. The Balaban J connectivity index is 1.13. The molecular weight excluding hydrogens is 418 g/mol. The molecule has 2 aliphatic rings. The summed E-state index contributed by atoms with van der Waals surface area (Å²) in [6.45, 7) is 7.39. The number of para-hydroxylation sites is 1. The van der Waals surface area contributed by atoms with E-state index in [0.29, 0.717) is 50.9 Å². The van der Waals surface area contributed by atoms with E-state index in [1.165, 1.54) is 0 Å². The summed E-state index contributed by atoms with van der Waals surface area (Å²) in [4.78, 5) is 46.0. The van der Waals surface area contributed by atoms with Crippen molar-refractivity contribution in [2.45, 2.75) is 13.0 Å². The molecule has 0 aliphatic carbocycles. The molecule has 1 atom stereocenters. The standard InChI is InChI=1S/C24H29N7O2/c1-18(22(32)29-13-15-31(16-14-29)24-25-7-4-8-26-24)28-9-11-30(12-10-28)23(33)21-17-19-5-2-3-6-20(19)27-21/h2-8,17-18,27H,9-16H2,1H3. The minimum absolute atomic E-state index is 0.0177. The van der Waals surface area contributed by atoms with Crippen molar-refractivity contribution < 1.29 is 9.59 Å². The largest absolute Gasteiger partial charge is 0.351 e. The highest BCUT2D eigenvalue weighted by atomic mass is 16.2. The Hall–Kier alpha value is -3.46. The van der Waals surface area contributed by atoms with Gasteiger partial charge >= 0.3 is 0 Å². The highest BCUT2D eigenvalue weighted by Crippen LogP contribution is 2.18. The van der Waals surface area contributed by atoms with E-state index in [1.807, 2.05) is 47.1 Å². The van der Waals surface area contributed by atoms with Crippen LogP contribution in [0, 0.1) is 0 Å². The number of anilines is 1. The first-order chi connectivity index (χ1) is 16.1. The molecule has 172 valence electrons. The lowest BCUT2D eigenvalue weighted by molar-refractivity contribution is -0.137. The van der Waals surface area contributed by atoms with E-state index < -0.39 is 0 Å². The molecule has 0 radical (unpaired) electrons. The quantitative estimate of drug-likeness (QED) is 0.651. The van der Waals surface area contributed by atoms with Gasteiger partial charge in [0.1, 0.15) is 5.69 Å². The van der Waals surface area contributed by atoms with Gasteiger partial charge in [-0.1, -0.05) is 18.2 Å². The first kappa shape index (κ1) is 21.4. The van der Waals surface area contributed by atoms with E-state index in [4.69, 9.17) is 0 Å². The molecule has 33 heavy (non-hydrogen) atoms. The topological polar surface area (TPSA) is 88.7 Å². The first-order valence-corrected chi connectivity index (χ1v) is 11.5. The minimum atomic E-state index is -0.199. The molecule has 0 spiro atoms. The van der Waals surface area contributed by atoms with Crippen LogP contribution < -0.4 is 4.90 Å². The van der Waals surface area contributed by atoms with Crippen LogP contribution in [0.2, 0.25) is 0 Å². The average Bonchev–Trinajstić information content (AvgIpc) is 3.32. The summed E-state index contributed by atoms with van der Waals surface area (Å²) in [6.07, 6.45) is 3.48. The van der Waals surface area contributed by atoms with E-state index in [1.54, 1.807) is 18.5 Å². The molecular formula is C24H29N7O2. The maximum atomic E-state index is 13.1. The molecule has 9 heteroatoms. The van der Waals surface area contributed by atoms with Gasteiger partial charge in [-0.15, -0.1) is 0 Å². The molecule has 2 saturated heterocycles. The first-order valence-electron chi connectivity index (χ1n) is 11.5. The monoisotopic (exact) mass is 447 g/mol. The van der Waals surface area contributed by atoms with Crippen LogP contribution in [0.1, 0.15) is 17.4 Å². The number of hydrogen-bond donors (Lipinski definition) is 1. The number of H-pyrrole nitrogens is 1. The fourth-order valence-electron chi connectivity index (χ4n) is 4.67. The van der Waals surface area contributed by atoms with Gasteiger partial charge < -0.3 is 19.7 Å². The van der Waals surface area contributed by atoms with Crippen molar-refractivity contribution in [3.63, 3.8) is 0 Å². The Morgan fingerprint density at radius 1 is 0.879 bits per heavy atom. The Kier molecular flexibility index (Phi) is 5.95. The number of piperazine rings is 2. The van der Waals surface area contributed by atoms with Crippen LogP contribution in [-0.4, -0.2) is 99.9 Å². The zero-order valence-corrected chi connectivity index (χ0v) is 18.9. The molecule has 0 saturated carbocycles. The maximum absolute atomic E-state index is 13.1. The van der Waals surface area contributed by atoms with Crippen molar-refractivity contribution in [3.05, 3.63) is 54.5 Å². The summed E-state index contributed by atoms with van der Waals surface area (Å²) in [6, 6.07) is 11.4. The summed E-state index contributed by atoms with van der Waals surface area (Å²) in [5.74, 6) is 0.886. The van der Waals surface area contributed by atoms with Gasteiger partial charge in [0.05, 0.1) is 6.04 Å². The van der Waals surface area contributed by atoms with Gasteiger partial charge in [-0.2, -0.15) is 0 Å². The van der Waals surface area contributed by atoms with Crippen LogP contribution in [0.3, 0.4) is 0 Å². The number of carbonyl (C=O) groups is 2. The molecule has 9 nitrogen and oxygen atoms in total. The Labute approximate surface area is 193 Å². The Bertz CT molecular complexity index is 1080. The second-order valence-electron chi connectivity index (χ2n) is 8.64. The van der Waals surface area contributed by atoms with Gasteiger partial charge in [0.2, 0.25) is 11.9 Å². The van der Waals surface area contributed by atoms with Gasteiger partial charge in [0.25, 0.3) is 5.91 Å². The third-order valence-electron chi connectivity index (χ3n) is 6.69. The van der Waals surface area contributed by atoms with Crippen molar-refractivity contribution in [1.29, 1.82) is 0 Å². The van der Waals surface area contributed by atoms with Crippen LogP contribution in [-0.2, 0) is 4.79 Å². The molecule has 2 aliphatic heterocycles. The third kappa shape index (κ3) is 4.41. The average molecular weight is 448 g/mol. The number of benzene rings is 1. The molecule has 3 aromatic rings. The summed E-state index contributed by atoms with van der Waals surface area (Å²) in [5, 5.41) is 1.04. The fraction of sp³-hybridized carbons (Fsp3) is 0.417. The Morgan fingerprint density at radius 2 is 1.55 bits per heavy atom. The molecule has 1 N–H and O–H groups in total. The van der Waals surface area contributed by atoms with Crippen molar-refractivity contribution >= 4 is 28.7 Å². The molecule has 2 fully saturated rings. The minimum Gasteiger partial charge on any atom is -0.351 e. The summed E-state index contributed by atoms with van der Waals surface area (Å²) < 4.78 is 0. The second kappa shape index (κ2) is 9.19. The second-order valence-corrected chi connectivity index (χ2v) is 8.64. The van der Waals surface area contributed by atoms with E-state index >= 15 is 0 Å². The zero-order valence-electron chi connectivity index (χ0n) is 18.9. The number of aromatic amines is 1. The van der Waals surface area contributed by atoms with Crippen LogP contribution in [0.5, 0.6) is 0 Å². The van der Waals surface area contributed by atoms with Crippen molar-refractivity contribution in [3.8, 4) is 0 Å². The lowest BCUT2D eigenvalue weighted by atomic mass is 10.1. The van der Waals surface area contributed by atoms with Crippen molar-refractivity contribution in [2.24, 2.45) is 0 Å². The molecule has 2 amide bonds. The number of nitrogens with one attached hydrogen (secondary N) is 1. The number of carbonyl (C=O) groups excluding carboxylic acids is 2. The van der Waals surface area contributed by atoms with Gasteiger partial charge in [-0.25, -0.2) is 9.97 Å². The lowest BCUT2D eigenvalue weighted by Gasteiger charge is -2.41. The lowest BCUT2D eigenvalue weighted by Crippen LogP contribution is -2.58. The van der Waals surface area contributed by atoms with Crippen LogP contribution in [0.15, 0.2) is 48.8 Å². The van der Waals surface area contributed by atoms with Crippen LogP contribution in [0.4, 0.5) is 5.95 Å². The van der Waals surface area contributed by atoms with E-state index in [9.17, 15) is 9.59 Å². The number of rotatable bonds is 4. The molecule has 1 aromatic carbocycles. The van der Waals surface area contributed by atoms with E-state index in [-0.39, 0.29) is 17.9 Å². The summed E-state index contributed by atoms with van der Waals surface area (Å²) in [5.41, 5.74) is 1.59. The smallest absolute Gasteiger partial charge is 0.270 e.